The molecule has 18 heavy (non-hydrogen) atoms. The van der Waals surface area contributed by atoms with Crippen LogP contribution in [-0.2, 0) is 19.5 Å². The van der Waals surface area contributed by atoms with Gasteiger partial charge in [0.15, 0.2) is 0 Å². The molecule has 1 heterocycles. The molecule has 102 valence electrons. The second-order valence-corrected chi connectivity index (χ2v) is 5.18. The van der Waals surface area contributed by atoms with Crippen LogP contribution < -0.4 is 5.32 Å². The van der Waals surface area contributed by atoms with Gasteiger partial charge in [0.2, 0.25) is 0 Å². The number of likely N-dealkylation sites (N-methyl/N-ethyl adjacent to an activating group) is 1. The van der Waals surface area contributed by atoms with Crippen molar-refractivity contribution in [1.82, 2.24) is 20.0 Å². The van der Waals surface area contributed by atoms with Gasteiger partial charge in [0.1, 0.15) is 0 Å². The highest BCUT2D eigenvalue weighted by atomic mass is 15.3. The zero-order chi connectivity index (χ0) is 13.0. The minimum absolute atomic E-state index is 0.861. The maximum atomic E-state index is 4.57. The Morgan fingerprint density at radius 3 is 2.83 bits per heavy atom. The molecule has 0 saturated heterocycles. The Balaban J connectivity index is 1.73. The molecule has 4 heteroatoms. The number of nitrogens with zero attached hydrogens (tertiary/aromatic N) is 3. The standard InChI is InChI=1S/C14H26N4/c1-4-12-10-14(18(5-2)16-12)11-15-8-9-17(3)13-6-7-13/h10,13,15H,4-9,11H2,1-3H3. The Morgan fingerprint density at radius 2 is 2.22 bits per heavy atom. The van der Waals surface area contributed by atoms with Crippen LogP contribution in [0.15, 0.2) is 6.07 Å². The fourth-order valence-electron chi connectivity index (χ4n) is 2.27. The van der Waals surface area contributed by atoms with Gasteiger partial charge in [-0.2, -0.15) is 5.10 Å². The molecule has 0 radical (unpaired) electrons. The van der Waals surface area contributed by atoms with Crippen molar-refractivity contribution in [3.8, 4) is 0 Å². The van der Waals surface area contributed by atoms with E-state index in [1.165, 1.54) is 24.2 Å². The second-order valence-electron chi connectivity index (χ2n) is 5.18. The first kappa shape index (κ1) is 13.6. The lowest BCUT2D eigenvalue weighted by Crippen LogP contribution is -2.30. The summed E-state index contributed by atoms with van der Waals surface area (Å²) in [6.45, 7) is 8.40. The van der Waals surface area contributed by atoms with E-state index in [9.17, 15) is 0 Å². The van der Waals surface area contributed by atoms with Gasteiger partial charge in [-0.1, -0.05) is 6.92 Å². The maximum absolute atomic E-state index is 4.57. The van der Waals surface area contributed by atoms with E-state index in [1.54, 1.807) is 0 Å². The first-order valence-electron chi connectivity index (χ1n) is 7.21. The SMILES string of the molecule is CCc1cc(CNCCN(C)C2CC2)n(CC)n1. The fourth-order valence-corrected chi connectivity index (χ4v) is 2.27. The predicted octanol–water partition coefficient (Wildman–Crippen LogP) is 1.65. The highest BCUT2D eigenvalue weighted by Gasteiger charge is 2.25. The van der Waals surface area contributed by atoms with Crippen LogP contribution in [0.5, 0.6) is 0 Å². The summed E-state index contributed by atoms with van der Waals surface area (Å²) in [6.07, 6.45) is 3.79. The zero-order valence-electron chi connectivity index (χ0n) is 11.9. The van der Waals surface area contributed by atoms with E-state index in [-0.39, 0.29) is 0 Å². The molecule has 1 aromatic rings. The summed E-state index contributed by atoms with van der Waals surface area (Å²) in [7, 11) is 2.23. The molecule has 0 spiro atoms. The van der Waals surface area contributed by atoms with E-state index in [1.807, 2.05) is 0 Å². The molecule has 0 atom stereocenters. The van der Waals surface area contributed by atoms with Crippen molar-refractivity contribution in [2.24, 2.45) is 0 Å². The molecule has 0 amide bonds. The van der Waals surface area contributed by atoms with Gasteiger partial charge in [-0.15, -0.1) is 0 Å². The minimum atomic E-state index is 0.861. The van der Waals surface area contributed by atoms with Crippen LogP contribution in [0.2, 0.25) is 0 Å². The summed E-state index contributed by atoms with van der Waals surface area (Å²) in [5.74, 6) is 0. The summed E-state index contributed by atoms with van der Waals surface area (Å²) in [5.41, 5.74) is 2.51. The van der Waals surface area contributed by atoms with Crippen molar-refractivity contribution >= 4 is 0 Å². The normalized spacial score (nSPS) is 15.6. The van der Waals surface area contributed by atoms with E-state index >= 15 is 0 Å². The van der Waals surface area contributed by atoms with E-state index < -0.39 is 0 Å². The number of hydrogen-bond donors (Lipinski definition) is 1. The van der Waals surface area contributed by atoms with Crippen molar-refractivity contribution < 1.29 is 0 Å². The number of rotatable bonds is 8. The molecule has 2 rings (SSSR count). The molecular formula is C14H26N4. The number of hydrogen-bond acceptors (Lipinski definition) is 3. The molecule has 1 N–H and O–H groups in total. The summed E-state index contributed by atoms with van der Waals surface area (Å²) < 4.78 is 2.11. The van der Waals surface area contributed by atoms with E-state index in [4.69, 9.17) is 0 Å². The van der Waals surface area contributed by atoms with Gasteiger partial charge in [-0.3, -0.25) is 4.68 Å². The van der Waals surface area contributed by atoms with Gasteiger partial charge in [0, 0.05) is 32.2 Å². The predicted molar refractivity (Wildman–Crippen MR) is 74.6 cm³/mol. The maximum Gasteiger partial charge on any atom is 0.0625 e. The molecular weight excluding hydrogens is 224 g/mol. The van der Waals surface area contributed by atoms with Crippen molar-refractivity contribution in [3.63, 3.8) is 0 Å². The molecule has 1 saturated carbocycles. The van der Waals surface area contributed by atoms with Crippen molar-refractivity contribution in [2.75, 3.05) is 20.1 Å². The van der Waals surface area contributed by atoms with Gasteiger partial charge >= 0.3 is 0 Å². The Kier molecular flexibility index (Phi) is 4.78. The molecule has 0 unspecified atom stereocenters. The molecule has 0 aliphatic heterocycles. The Bertz CT molecular complexity index is 368. The molecule has 0 bridgehead atoms. The summed E-state index contributed by atoms with van der Waals surface area (Å²) in [6, 6.07) is 3.08. The van der Waals surface area contributed by atoms with Crippen molar-refractivity contribution in [3.05, 3.63) is 17.5 Å². The summed E-state index contributed by atoms with van der Waals surface area (Å²) >= 11 is 0. The topological polar surface area (TPSA) is 33.1 Å². The largest absolute Gasteiger partial charge is 0.310 e. The quantitative estimate of drug-likeness (QED) is 0.712. The summed E-state index contributed by atoms with van der Waals surface area (Å²) in [5, 5.41) is 8.09. The van der Waals surface area contributed by atoms with Crippen LogP contribution in [0.1, 0.15) is 38.1 Å². The highest BCUT2D eigenvalue weighted by Crippen LogP contribution is 2.24. The monoisotopic (exact) mass is 250 g/mol. The van der Waals surface area contributed by atoms with Crippen LogP contribution in [0.25, 0.3) is 0 Å². The average Bonchev–Trinajstić information content (AvgIpc) is 3.15. The van der Waals surface area contributed by atoms with Gasteiger partial charge < -0.3 is 10.2 Å². The van der Waals surface area contributed by atoms with Crippen LogP contribution in [-0.4, -0.2) is 40.9 Å². The van der Waals surface area contributed by atoms with E-state index in [2.05, 4.69) is 47.0 Å². The minimum Gasteiger partial charge on any atom is -0.310 e. The van der Waals surface area contributed by atoms with Gasteiger partial charge in [0.05, 0.1) is 11.4 Å². The van der Waals surface area contributed by atoms with E-state index in [0.717, 1.165) is 38.6 Å². The molecule has 1 aliphatic rings. The van der Waals surface area contributed by atoms with Crippen LogP contribution in [0, 0.1) is 0 Å². The number of aromatic nitrogens is 2. The molecule has 4 nitrogen and oxygen atoms in total. The first-order chi connectivity index (χ1) is 8.74. The lowest BCUT2D eigenvalue weighted by atomic mass is 10.3. The van der Waals surface area contributed by atoms with Gasteiger partial charge in [0.25, 0.3) is 0 Å². The second kappa shape index (κ2) is 6.34. The first-order valence-corrected chi connectivity index (χ1v) is 7.21. The lowest BCUT2D eigenvalue weighted by molar-refractivity contribution is 0.321. The number of aryl methyl sites for hydroxylation is 2. The smallest absolute Gasteiger partial charge is 0.0625 e. The van der Waals surface area contributed by atoms with Crippen molar-refractivity contribution in [1.29, 1.82) is 0 Å². The fraction of sp³-hybridized carbons (Fsp3) is 0.786. The average molecular weight is 250 g/mol. The Hall–Kier alpha value is -0.870. The van der Waals surface area contributed by atoms with E-state index in [0.29, 0.717) is 0 Å². The summed E-state index contributed by atoms with van der Waals surface area (Å²) in [4.78, 5) is 2.46. The third kappa shape index (κ3) is 3.56. The third-order valence-corrected chi connectivity index (χ3v) is 3.69. The Morgan fingerprint density at radius 1 is 1.44 bits per heavy atom. The Labute approximate surface area is 110 Å². The molecule has 0 aromatic carbocycles. The molecule has 1 aliphatic carbocycles. The number of nitrogens with one attached hydrogen (secondary N) is 1. The molecule has 1 fully saturated rings. The van der Waals surface area contributed by atoms with Crippen LogP contribution in [0.4, 0.5) is 0 Å². The van der Waals surface area contributed by atoms with Crippen LogP contribution in [0.3, 0.4) is 0 Å². The zero-order valence-corrected chi connectivity index (χ0v) is 11.9. The van der Waals surface area contributed by atoms with Crippen molar-refractivity contribution in [2.45, 2.75) is 52.2 Å². The van der Waals surface area contributed by atoms with Gasteiger partial charge in [-0.05, 0) is 39.3 Å². The van der Waals surface area contributed by atoms with Gasteiger partial charge in [-0.25, -0.2) is 0 Å². The molecule has 1 aromatic heterocycles. The third-order valence-electron chi connectivity index (χ3n) is 3.69. The van der Waals surface area contributed by atoms with Crippen LogP contribution >= 0.6 is 0 Å². The highest BCUT2D eigenvalue weighted by molar-refractivity contribution is 5.10. The lowest BCUT2D eigenvalue weighted by Gasteiger charge is -2.15.